The smallest absolute Gasteiger partial charge is 0.163 e. The molecule has 1 aromatic carbocycles. The number of hydrogen-bond acceptors (Lipinski definition) is 5. The van der Waals surface area contributed by atoms with Gasteiger partial charge in [0.15, 0.2) is 5.57 Å². The Morgan fingerprint density at radius 3 is 2.42 bits per heavy atom. The Hall–Kier alpha value is -3.36. The maximum Gasteiger partial charge on any atom is 0.163 e. The minimum atomic E-state index is -0.254. The van der Waals surface area contributed by atoms with Gasteiger partial charge in [0.25, 0.3) is 0 Å². The number of hydrogen-bond donors (Lipinski definition) is 1. The number of aromatic nitrogens is 1. The van der Waals surface area contributed by atoms with Crippen LogP contribution in [0.15, 0.2) is 47.8 Å². The average molecular weight is 245 g/mol. The first-order chi connectivity index (χ1) is 9.30. The zero-order valence-electron chi connectivity index (χ0n) is 9.75. The van der Waals surface area contributed by atoms with Crippen molar-refractivity contribution in [3.63, 3.8) is 0 Å². The van der Waals surface area contributed by atoms with Crippen LogP contribution in [0.25, 0.3) is 10.9 Å². The van der Waals surface area contributed by atoms with Crippen LogP contribution in [0.2, 0.25) is 0 Å². The van der Waals surface area contributed by atoms with E-state index < -0.39 is 0 Å². The van der Waals surface area contributed by atoms with E-state index in [1.807, 2.05) is 24.3 Å². The number of nitriles is 3. The van der Waals surface area contributed by atoms with Crippen molar-refractivity contribution in [3.05, 3.63) is 47.8 Å². The van der Waals surface area contributed by atoms with Crippen molar-refractivity contribution in [1.29, 1.82) is 15.8 Å². The number of rotatable bonds is 2. The van der Waals surface area contributed by atoms with Crippen molar-refractivity contribution in [1.82, 2.24) is 4.98 Å². The van der Waals surface area contributed by atoms with Crippen LogP contribution in [0, 0.1) is 34.0 Å². The third-order valence-electron chi connectivity index (χ3n) is 2.48. The van der Waals surface area contributed by atoms with Crippen molar-refractivity contribution >= 4 is 16.6 Å². The normalized spacial score (nSPS) is 8.89. The van der Waals surface area contributed by atoms with Crippen LogP contribution in [0.4, 0.5) is 5.69 Å². The molecule has 0 amide bonds. The van der Waals surface area contributed by atoms with Gasteiger partial charge in [-0.15, -0.1) is 0 Å². The Morgan fingerprint density at radius 2 is 1.74 bits per heavy atom. The molecule has 2 rings (SSSR count). The molecule has 0 unspecified atom stereocenters. The second-order valence-corrected chi connectivity index (χ2v) is 3.59. The Kier molecular flexibility index (Phi) is 3.39. The summed E-state index contributed by atoms with van der Waals surface area (Å²) in [5.41, 5.74) is 0.921. The monoisotopic (exact) mass is 245 g/mol. The standard InChI is InChI=1S/C14H7N5/c15-7-11(8-16)13(9-17)19-12-5-1-3-10-4-2-6-18-14(10)12/h1-6,19H. The first-order valence-corrected chi connectivity index (χ1v) is 5.35. The summed E-state index contributed by atoms with van der Waals surface area (Å²) in [6.45, 7) is 0. The summed E-state index contributed by atoms with van der Waals surface area (Å²) in [4.78, 5) is 4.22. The molecular weight excluding hydrogens is 238 g/mol. The summed E-state index contributed by atoms with van der Waals surface area (Å²) in [7, 11) is 0. The molecule has 0 spiro atoms. The molecule has 0 aliphatic rings. The van der Waals surface area contributed by atoms with Crippen LogP contribution in [-0.2, 0) is 0 Å². The summed E-state index contributed by atoms with van der Waals surface area (Å²) in [5, 5.41) is 30.3. The summed E-state index contributed by atoms with van der Waals surface area (Å²) in [6.07, 6.45) is 1.64. The molecule has 0 bridgehead atoms. The van der Waals surface area contributed by atoms with E-state index in [9.17, 15) is 0 Å². The van der Waals surface area contributed by atoms with Gasteiger partial charge < -0.3 is 5.32 Å². The molecule has 88 valence electrons. The number of nitrogens with one attached hydrogen (secondary N) is 1. The summed E-state index contributed by atoms with van der Waals surface area (Å²) in [6, 6.07) is 14.3. The van der Waals surface area contributed by atoms with Crippen LogP contribution in [0.1, 0.15) is 0 Å². The number of allylic oxidation sites excluding steroid dienone is 2. The third kappa shape index (κ3) is 2.34. The van der Waals surface area contributed by atoms with E-state index in [0.29, 0.717) is 11.2 Å². The molecule has 5 nitrogen and oxygen atoms in total. The minimum absolute atomic E-state index is 0.0804. The van der Waals surface area contributed by atoms with E-state index in [1.165, 1.54) is 0 Å². The largest absolute Gasteiger partial charge is 0.343 e. The van der Waals surface area contributed by atoms with Crippen molar-refractivity contribution in [2.75, 3.05) is 5.32 Å². The summed E-state index contributed by atoms with van der Waals surface area (Å²) < 4.78 is 0. The quantitative estimate of drug-likeness (QED) is 0.820. The molecule has 1 N–H and O–H groups in total. The van der Waals surface area contributed by atoms with Crippen molar-refractivity contribution < 1.29 is 0 Å². The van der Waals surface area contributed by atoms with Gasteiger partial charge in [-0.05, 0) is 12.1 Å². The molecular formula is C14H7N5. The molecule has 0 fully saturated rings. The topological polar surface area (TPSA) is 96.3 Å². The fourth-order valence-corrected chi connectivity index (χ4v) is 1.62. The van der Waals surface area contributed by atoms with E-state index in [1.54, 1.807) is 30.5 Å². The maximum atomic E-state index is 9.00. The summed E-state index contributed by atoms with van der Waals surface area (Å²) >= 11 is 0. The van der Waals surface area contributed by atoms with Gasteiger partial charge in [-0.3, -0.25) is 4.98 Å². The minimum Gasteiger partial charge on any atom is -0.343 e. The van der Waals surface area contributed by atoms with E-state index >= 15 is 0 Å². The van der Waals surface area contributed by atoms with Crippen LogP contribution in [0.3, 0.4) is 0 Å². The highest BCUT2D eigenvalue weighted by Gasteiger charge is 2.08. The van der Waals surface area contributed by atoms with Crippen LogP contribution in [-0.4, -0.2) is 4.98 Å². The number of anilines is 1. The van der Waals surface area contributed by atoms with Crippen molar-refractivity contribution in [3.8, 4) is 18.2 Å². The predicted molar refractivity (Wildman–Crippen MR) is 69.2 cm³/mol. The van der Waals surface area contributed by atoms with Gasteiger partial charge in [-0.2, -0.15) is 15.8 Å². The lowest BCUT2D eigenvalue weighted by Crippen LogP contribution is -2.01. The van der Waals surface area contributed by atoms with Crippen LogP contribution >= 0.6 is 0 Å². The molecule has 5 heteroatoms. The molecule has 2 aromatic rings. The number of benzene rings is 1. The molecule has 19 heavy (non-hydrogen) atoms. The van der Waals surface area contributed by atoms with Crippen LogP contribution < -0.4 is 5.32 Å². The molecule has 0 saturated carbocycles. The fraction of sp³-hybridized carbons (Fsp3) is 0. The molecule has 0 aliphatic carbocycles. The van der Waals surface area contributed by atoms with E-state index in [0.717, 1.165) is 5.39 Å². The van der Waals surface area contributed by atoms with E-state index in [4.69, 9.17) is 15.8 Å². The van der Waals surface area contributed by atoms with Gasteiger partial charge in [0, 0.05) is 11.6 Å². The second kappa shape index (κ2) is 5.31. The number of fused-ring (bicyclic) bond motifs is 1. The molecule has 0 radical (unpaired) electrons. The number of nitrogens with zero attached hydrogens (tertiary/aromatic N) is 4. The molecule has 0 aliphatic heterocycles. The average Bonchev–Trinajstić information content (AvgIpc) is 2.47. The Balaban J connectivity index is 2.54. The Labute approximate surface area is 109 Å². The molecule has 0 atom stereocenters. The van der Waals surface area contributed by atoms with Gasteiger partial charge in [0.1, 0.15) is 23.9 Å². The van der Waals surface area contributed by atoms with Gasteiger partial charge >= 0.3 is 0 Å². The lowest BCUT2D eigenvalue weighted by atomic mass is 10.1. The highest BCUT2D eigenvalue weighted by Crippen LogP contribution is 2.22. The highest BCUT2D eigenvalue weighted by atomic mass is 14.9. The van der Waals surface area contributed by atoms with Gasteiger partial charge in [0.2, 0.25) is 0 Å². The Morgan fingerprint density at radius 1 is 1.00 bits per heavy atom. The zero-order chi connectivity index (χ0) is 13.7. The van der Waals surface area contributed by atoms with E-state index in [2.05, 4.69) is 10.3 Å². The lowest BCUT2D eigenvalue weighted by molar-refractivity contribution is 1.36. The summed E-state index contributed by atoms with van der Waals surface area (Å²) in [5.74, 6) is 0. The van der Waals surface area contributed by atoms with Crippen LogP contribution in [0.5, 0.6) is 0 Å². The lowest BCUT2D eigenvalue weighted by Gasteiger charge is -2.07. The fourth-order valence-electron chi connectivity index (χ4n) is 1.62. The van der Waals surface area contributed by atoms with Crippen molar-refractivity contribution in [2.24, 2.45) is 0 Å². The van der Waals surface area contributed by atoms with Gasteiger partial charge in [-0.25, -0.2) is 0 Å². The maximum absolute atomic E-state index is 9.00. The first-order valence-electron chi connectivity index (χ1n) is 5.35. The second-order valence-electron chi connectivity index (χ2n) is 3.59. The Bertz CT molecular complexity index is 763. The third-order valence-corrected chi connectivity index (χ3v) is 2.48. The highest BCUT2D eigenvalue weighted by molar-refractivity contribution is 5.91. The molecule has 1 heterocycles. The number of para-hydroxylation sites is 1. The molecule has 1 aromatic heterocycles. The zero-order valence-corrected chi connectivity index (χ0v) is 9.75. The molecule has 0 saturated heterocycles. The number of pyridine rings is 1. The van der Waals surface area contributed by atoms with Gasteiger partial charge in [-0.1, -0.05) is 18.2 Å². The predicted octanol–water partition coefficient (Wildman–Crippen LogP) is 2.47. The first kappa shape index (κ1) is 12.1. The van der Waals surface area contributed by atoms with E-state index in [-0.39, 0.29) is 11.3 Å². The SMILES string of the molecule is N#CC(C#N)=C(C#N)Nc1cccc2cccnc12. The van der Waals surface area contributed by atoms with Gasteiger partial charge in [0.05, 0.1) is 11.2 Å². The van der Waals surface area contributed by atoms with Crippen molar-refractivity contribution in [2.45, 2.75) is 0 Å².